The van der Waals surface area contributed by atoms with Crippen molar-refractivity contribution in [2.24, 2.45) is 5.92 Å². The van der Waals surface area contributed by atoms with Crippen molar-refractivity contribution in [2.75, 3.05) is 12.0 Å². The average molecular weight is 411 g/mol. The Morgan fingerprint density at radius 3 is 2.10 bits per heavy atom. The molecule has 0 spiro atoms. The zero-order chi connectivity index (χ0) is 21.8. The first kappa shape index (κ1) is 20.3. The fourth-order valence-electron chi connectivity index (χ4n) is 3.81. The van der Waals surface area contributed by atoms with Crippen LogP contribution in [-0.2, 0) is 14.4 Å². The standard InChI is InChI=1S/C26H21NO4/c1-31-21-15-13-19(14-16-21)24-23(22(28)17-12-18-8-4-2-5-9-18)25(29)26(30)27(24)20-10-6-3-7-11-20/h2-17,23-24H,1H3/b17-12+. The minimum atomic E-state index is -1.12. The number of nitrogens with zero attached hydrogens (tertiary/aromatic N) is 1. The summed E-state index contributed by atoms with van der Waals surface area (Å²) in [7, 11) is 1.56. The van der Waals surface area contributed by atoms with E-state index < -0.39 is 29.4 Å². The van der Waals surface area contributed by atoms with Crippen molar-refractivity contribution < 1.29 is 19.1 Å². The third-order valence-electron chi connectivity index (χ3n) is 5.34. The second-order valence-electron chi connectivity index (χ2n) is 7.22. The van der Waals surface area contributed by atoms with Gasteiger partial charge >= 0.3 is 0 Å². The maximum atomic E-state index is 13.1. The maximum absolute atomic E-state index is 13.1. The summed E-state index contributed by atoms with van der Waals surface area (Å²) in [6.45, 7) is 0. The van der Waals surface area contributed by atoms with Gasteiger partial charge in [-0.05, 0) is 41.5 Å². The fraction of sp³-hybridized carbons (Fsp3) is 0.115. The topological polar surface area (TPSA) is 63.7 Å². The predicted molar refractivity (Wildman–Crippen MR) is 119 cm³/mol. The van der Waals surface area contributed by atoms with E-state index in [2.05, 4.69) is 0 Å². The summed E-state index contributed by atoms with van der Waals surface area (Å²) in [5.74, 6) is -2.26. The summed E-state index contributed by atoms with van der Waals surface area (Å²) in [6, 6.07) is 24.6. The quantitative estimate of drug-likeness (QED) is 0.346. The molecule has 1 heterocycles. The van der Waals surface area contributed by atoms with Gasteiger partial charge in [-0.3, -0.25) is 19.3 Å². The van der Waals surface area contributed by atoms with E-state index in [4.69, 9.17) is 4.74 Å². The number of rotatable bonds is 6. The van der Waals surface area contributed by atoms with Crippen molar-refractivity contribution in [3.8, 4) is 5.75 Å². The Labute approximate surface area is 180 Å². The number of para-hydroxylation sites is 1. The van der Waals surface area contributed by atoms with E-state index in [1.165, 1.54) is 11.0 Å². The van der Waals surface area contributed by atoms with Crippen molar-refractivity contribution in [1.29, 1.82) is 0 Å². The monoisotopic (exact) mass is 411 g/mol. The maximum Gasteiger partial charge on any atom is 0.295 e. The predicted octanol–water partition coefficient (Wildman–Crippen LogP) is 4.25. The molecule has 2 unspecified atom stereocenters. The zero-order valence-electron chi connectivity index (χ0n) is 17.0. The number of carbonyl (C=O) groups excluding carboxylic acids is 3. The number of amides is 1. The van der Waals surface area contributed by atoms with Crippen LogP contribution in [-0.4, -0.2) is 24.6 Å². The van der Waals surface area contributed by atoms with Crippen molar-refractivity contribution in [1.82, 2.24) is 0 Å². The Kier molecular flexibility index (Phi) is 5.76. The van der Waals surface area contributed by atoms with Crippen LogP contribution >= 0.6 is 0 Å². The van der Waals surface area contributed by atoms with Crippen LogP contribution < -0.4 is 9.64 Å². The number of methoxy groups -OCH3 is 1. The van der Waals surface area contributed by atoms with Gasteiger partial charge in [-0.25, -0.2) is 0 Å². The highest BCUT2D eigenvalue weighted by atomic mass is 16.5. The fourth-order valence-corrected chi connectivity index (χ4v) is 3.81. The molecule has 5 heteroatoms. The molecule has 0 radical (unpaired) electrons. The number of hydrogen-bond donors (Lipinski definition) is 0. The molecule has 2 atom stereocenters. The first-order valence-corrected chi connectivity index (χ1v) is 9.93. The number of anilines is 1. The third-order valence-corrected chi connectivity index (χ3v) is 5.34. The second-order valence-corrected chi connectivity index (χ2v) is 7.22. The average Bonchev–Trinajstić information content (AvgIpc) is 3.09. The van der Waals surface area contributed by atoms with Crippen LogP contribution in [0, 0.1) is 5.92 Å². The lowest BCUT2D eigenvalue weighted by molar-refractivity contribution is -0.138. The van der Waals surface area contributed by atoms with Gasteiger partial charge in [-0.1, -0.05) is 66.7 Å². The van der Waals surface area contributed by atoms with Gasteiger partial charge in [0.2, 0.25) is 5.78 Å². The summed E-state index contributed by atoms with van der Waals surface area (Å²) < 4.78 is 5.22. The second kappa shape index (κ2) is 8.79. The van der Waals surface area contributed by atoms with E-state index in [0.29, 0.717) is 17.0 Å². The molecule has 1 saturated heterocycles. The molecule has 31 heavy (non-hydrogen) atoms. The van der Waals surface area contributed by atoms with Gasteiger partial charge in [0, 0.05) is 5.69 Å². The highest BCUT2D eigenvalue weighted by molar-refractivity contribution is 6.48. The Morgan fingerprint density at radius 2 is 1.48 bits per heavy atom. The van der Waals surface area contributed by atoms with Crippen molar-refractivity contribution >= 4 is 29.2 Å². The van der Waals surface area contributed by atoms with E-state index in [0.717, 1.165) is 5.56 Å². The van der Waals surface area contributed by atoms with Crippen LogP contribution in [0.5, 0.6) is 5.75 Å². The largest absolute Gasteiger partial charge is 0.497 e. The minimum Gasteiger partial charge on any atom is -0.497 e. The molecule has 5 nitrogen and oxygen atoms in total. The number of ketones is 2. The minimum absolute atomic E-state index is 0.401. The van der Waals surface area contributed by atoms with E-state index >= 15 is 0 Å². The van der Waals surface area contributed by atoms with E-state index in [9.17, 15) is 14.4 Å². The number of allylic oxidation sites excluding steroid dienone is 1. The first-order chi connectivity index (χ1) is 15.1. The molecule has 0 bridgehead atoms. The Hall–Kier alpha value is -3.99. The zero-order valence-corrected chi connectivity index (χ0v) is 17.0. The van der Waals surface area contributed by atoms with Crippen LogP contribution in [0.4, 0.5) is 5.69 Å². The number of carbonyl (C=O) groups is 3. The molecule has 1 aliphatic rings. The molecule has 4 rings (SSSR count). The van der Waals surface area contributed by atoms with Crippen LogP contribution in [0.15, 0.2) is 91.0 Å². The van der Waals surface area contributed by atoms with Crippen molar-refractivity contribution in [2.45, 2.75) is 6.04 Å². The highest BCUT2D eigenvalue weighted by Gasteiger charge is 2.51. The molecular weight excluding hydrogens is 390 g/mol. The number of Topliss-reactive ketones (excluding diaryl/α,β-unsaturated/α-hetero) is 1. The molecule has 3 aromatic rings. The summed E-state index contributed by atoms with van der Waals surface area (Å²) >= 11 is 0. The number of hydrogen-bond acceptors (Lipinski definition) is 4. The van der Waals surface area contributed by atoms with Gasteiger partial charge < -0.3 is 4.74 Å². The molecule has 1 amide bonds. The number of benzene rings is 3. The van der Waals surface area contributed by atoms with Gasteiger partial charge in [0.1, 0.15) is 11.7 Å². The molecule has 3 aromatic carbocycles. The number of ether oxygens (including phenoxy) is 1. The van der Waals surface area contributed by atoms with Gasteiger partial charge in [-0.15, -0.1) is 0 Å². The Balaban J connectivity index is 1.75. The third kappa shape index (κ3) is 4.03. The van der Waals surface area contributed by atoms with Crippen LogP contribution in [0.3, 0.4) is 0 Å². The smallest absolute Gasteiger partial charge is 0.295 e. The van der Waals surface area contributed by atoms with Gasteiger partial charge in [-0.2, -0.15) is 0 Å². The molecular formula is C26H21NO4. The molecule has 0 aliphatic carbocycles. The molecule has 1 fully saturated rings. The molecule has 154 valence electrons. The molecule has 0 aromatic heterocycles. The summed E-state index contributed by atoms with van der Waals surface area (Å²) in [5, 5.41) is 0. The summed E-state index contributed by atoms with van der Waals surface area (Å²) in [6.07, 6.45) is 3.05. The van der Waals surface area contributed by atoms with Gasteiger partial charge in [0.05, 0.1) is 13.2 Å². The molecule has 1 aliphatic heterocycles. The Bertz CT molecular complexity index is 1120. The van der Waals surface area contributed by atoms with E-state index in [1.54, 1.807) is 61.7 Å². The summed E-state index contributed by atoms with van der Waals surface area (Å²) in [5.41, 5.74) is 2.10. The lowest BCUT2D eigenvalue weighted by Crippen LogP contribution is -2.30. The lowest BCUT2D eigenvalue weighted by Gasteiger charge is -2.27. The lowest BCUT2D eigenvalue weighted by atomic mass is 9.88. The van der Waals surface area contributed by atoms with Crippen LogP contribution in [0.1, 0.15) is 17.2 Å². The van der Waals surface area contributed by atoms with Crippen LogP contribution in [0.2, 0.25) is 0 Å². The van der Waals surface area contributed by atoms with Crippen molar-refractivity contribution in [3.63, 3.8) is 0 Å². The van der Waals surface area contributed by atoms with Gasteiger partial charge in [0.15, 0.2) is 5.78 Å². The van der Waals surface area contributed by atoms with E-state index in [-0.39, 0.29) is 0 Å². The van der Waals surface area contributed by atoms with E-state index in [1.807, 2.05) is 36.4 Å². The first-order valence-electron chi connectivity index (χ1n) is 9.93. The van der Waals surface area contributed by atoms with Crippen molar-refractivity contribution in [3.05, 3.63) is 102 Å². The highest BCUT2D eigenvalue weighted by Crippen LogP contribution is 2.40. The Morgan fingerprint density at radius 1 is 0.871 bits per heavy atom. The van der Waals surface area contributed by atoms with Gasteiger partial charge in [0.25, 0.3) is 5.91 Å². The normalized spacial score (nSPS) is 18.5. The van der Waals surface area contributed by atoms with Crippen LogP contribution in [0.25, 0.3) is 6.08 Å². The molecule has 0 N–H and O–H groups in total. The SMILES string of the molecule is COc1ccc(C2C(C(=O)/C=C/c3ccccc3)C(=O)C(=O)N2c2ccccc2)cc1. The summed E-state index contributed by atoms with van der Waals surface area (Å²) in [4.78, 5) is 40.5. The molecule has 0 saturated carbocycles.